The number of aliphatic hydroxyl groups excluding tert-OH is 2. The van der Waals surface area contributed by atoms with Gasteiger partial charge in [0.1, 0.15) is 57.7 Å². The molecule has 0 saturated heterocycles. The van der Waals surface area contributed by atoms with Gasteiger partial charge in [0.15, 0.2) is 0 Å². The Morgan fingerprint density at radius 3 is 1.39 bits per heavy atom. The molecule has 14 heteroatoms. The number of carbonyl (C=O) groups excluding carboxylic acids is 2. The molecule has 6 rings (SSSR count). The van der Waals surface area contributed by atoms with Crippen LogP contribution in [0.3, 0.4) is 0 Å². The number of amides is 2. The number of nitrogens with two attached hydrogens (primary N) is 1. The normalized spacial score (nSPS) is 19.6. The summed E-state index contributed by atoms with van der Waals surface area (Å²) in [7, 11) is 3.88. The van der Waals surface area contributed by atoms with Crippen molar-refractivity contribution in [2.45, 2.75) is 129 Å². The van der Waals surface area contributed by atoms with Crippen LogP contribution in [-0.4, -0.2) is 94.0 Å². The average molecular weight is 889 g/mol. The third-order valence-electron chi connectivity index (χ3n) is 11.0. The van der Waals surface area contributed by atoms with Crippen LogP contribution in [0.4, 0.5) is 29.7 Å². The first-order valence-electron chi connectivity index (χ1n) is 21.6. The van der Waals surface area contributed by atoms with Gasteiger partial charge < -0.3 is 39.8 Å². The van der Waals surface area contributed by atoms with Gasteiger partial charge in [-0.25, -0.2) is 18.4 Å². The van der Waals surface area contributed by atoms with Gasteiger partial charge in [-0.05, 0) is 130 Å². The molecule has 0 unspecified atom stereocenters. The minimum atomic E-state index is -1.01. The van der Waals surface area contributed by atoms with E-state index in [2.05, 4.69) is 0 Å². The first-order valence-corrected chi connectivity index (χ1v) is 21.6. The van der Waals surface area contributed by atoms with Gasteiger partial charge in [0.05, 0.1) is 12.1 Å². The molecule has 4 aromatic carbocycles. The standard InChI is InChI=1S/C26H35FN2O4.C24H31FN2O4/c1-25(2,3)33-24(31)29(15-14-17-8-10-18(27)11-9-17)22-20-13-12-19(28(6)7)16-21(20)32-26(4,5)23(22)30;1-23(2,3)31-22(29)27(13-12-15-6-8-16(25)9-7-15)20-18-11-10-17(26)14-19(18)30-24(4,5)21(20)28/h8-13,16,22-23,30H,14-15H2,1-7H3;6-11,14,20-21,28H,12-13,26H2,1-5H3/t22-,23+;20-,21+/m00/s1. The number of rotatable bonds is 9. The monoisotopic (exact) mass is 888 g/mol. The number of benzene rings is 4. The lowest BCUT2D eigenvalue weighted by atomic mass is 9.85. The van der Waals surface area contributed by atoms with Crippen LogP contribution in [-0.2, 0) is 22.3 Å². The SMILES string of the molecule is CC(C)(C)OC(=O)N(CCc1ccc(F)cc1)[C@H]1c2ccc(N)cc2OC(C)(C)[C@@H]1O.CN(C)c1ccc2c(c1)OC(C)(C)[C@H](O)[C@H]2N(CCc1ccc(F)cc1)C(=O)OC(C)(C)C. The van der Waals surface area contributed by atoms with Crippen molar-refractivity contribution in [3.63, 3.8) is 0 Å². The predicted molar refractivity (Wildman–Crippen MR) is 245 cm³/mol. The molecule has 2 aliphatic heterocycles. The summed E-state index contributed by atoms with van der Waals surface area (Å²) in [6.07, 6.45) is -2.11. The Morgan fingerprint density at radius 1 is 0.641 bits per heavy atom. The lowest BCUT2D eigenvalue weighted by Gasteiger charge is -2.46. The molecule has 0 bridgehead atoms. The molecule has 348 valence electrons. The van der Waals surface area contributed by atoms with Crippen LogP contribution in [0.5, 0.6) is 11.5 Å². The van der Waals surface area contributed by atoms with Gasteiger partial charge in [0.2, 0.25) is 0 Å². The van der Waals surface area contributed by atoms with Gasteiger partial charge in [-0.3, -0.25) is 9.80 Å². The molecule has 0 aliphatic carbocycles. The summed E-state index contributed by atoms with van der Waals surface area (Å²) in [5.74, 6) is 0.517. The number of aliphatic hydroxyl groups is 2. The highest BCUT2D eigenvalue weighted by atomic mass is 19.1. The highest BCUT2D eigenvalue weighted by Gasteiger charge is 2.49. The van der Waals surface area contributed by atoms with Crippen molar-refractivity contribution in [2.75, 3.05) is 37.8 Å². The van der Waals surface area contributed by atoms with Crippen LogP contribution in [0.2, 0.25) is 0 Å². The van der Waals surface area contributed by atoms with E-state index in [0.717, 1.165) is 22.4 Å². The molecule has 2 amide bonds. The van der Waals surface area contributed by atoms with E-state index in [-0.39, 0.29) is 24.7 Å². The van der Waals surface area contributed by atoms with E-state index in [0.29, 0.717) is 35.6 Å². The van der Waals surface area contributed by atoms with E-state index in [1.807, 2.05) is 71.8 Å². The van der Waals surface area contributed by atoms with Gasteiger partial charge in [-0.2, -0.15) is 0 Å². The molecule has 0 fully saturated rings. The van der Waals surface area contributed by atoms with Crippen LogP contribution < -0.4 is 20.1 Å². The van der Waals surface area contributed by atoms with E-state index >= 15 is 0 Å². The van der Waals surface area contributed by atoms with Gasteiger partial charge in [0.25, 0.3) is 0 Å². The van der Waals surface area contributed by atoms with Crippen LogP contribution in [0.1, 0.15) is 104 Å². The van der Waals surface area contributed by atoms with E-state index in [1.54, 1.807) is 82.0 Å². The molecule has 0 aromatic heterocycles. The Bertz CT molecular complexity index is 2240. The minimum Gasteiger partial charge on any atom is -0.485 e. The Kier molecular flexibility index (Phi) is 14.9. The lowest BCUT2D eigenvalue weighted by Crippen LogP contribution is -2.55. The number of hydrogen-bond acceptors (Lipinski definition) is 10. The summed E-state index contributed by atoms with van der Waals surface area (Å²) in [5, 5.41) is 22.5. The number of carbonyl (C=O) groups is 2. The molecular formula is C50H66F2N4O8. The minimum absolute atomic E-state index is 0.266. The Balaban J connectivity index is 0.000000241. The zero-order valence-electron chi connectivity index (χ0n) is 39.2. The first-order chi connectivity index (χ1) is 29.7. The topological polar surface area (TPSA) is 147 Å². The van der Waals surface area contributed by atoms with Crippen molar-refractivity contribution in [1.29, 1.82) is 0 Å². The third-order valence-corrected chi connectivity index (χ3v) is 11.0. The number of fused-ring (bicyclic) bond motifs is 2. The van der Waals surface area contributed by atoms with Crippen molar-refractivity contribution >= 4 is 23.6 Å². The van der Waals surface area contributed by atoms with Crippen molar-refractivity contribution in [1.82, 2.24) is 9.80 Å². The molecular weight excluding hydrogens is 823 g/mol. The smallest absolute Gasteiger partial charge is 0.410 e. The third kappa shape index (κ3) is 12.3. The average Bonchev–Trinajstić information content (AvgIpc) is 3.17. The fourth-order valence-corrected chi connectivity index (χ4v) is 7.61. The van der Waals surface area contributed by atoms with E-state index in [9.17, 15) is 28.6 Å². The molecule has 4 N–H and O–H groups in total. The Hall–Kier alpha value is -5.60. The quantitative estimate of drug-likeness (QED) is 0.139. The number of anilines is 2. The molecule has 64 heavy (non-hydrogen) atoms. The fraction of sp³-hybridized carbons (Fsp3) is 0.480. The molecule has 0 spiro atoms. The zero-order valence-corrected chi connectivity index (χ0v) is 39.2. The van der Waals surface area contributed by atoms with Crippen molar-refractivity contribution < 1.29 is 47.5 Å². The van der Waals surface area contributed by atoms with Crippen molar-refractivity contribution in [2.24, 2.45) is 0 Å². The van der Waals surface area contributed by atoms with Gasteiger partial charge in [0, 0.05) is 61.8 Å². The summed E-state index contributed by atoms with van der Waals surface area (Å²) in [6.45, 7) is 18.5. The van der Waals surface area contributed by atoms with Gasteiger partial charge >= 0.3 is 12.2 Å². The van der Waals surface area contributed by atoms with E-state index in [4.69, 9.17) is 24.7 Å². The van der Waals surface area contributed by atoms with E-state index < -0.39 is 58.9 Å². The number of halogens is 2. The van der Waals surface area contributed by atoms with Crippen LogP contribution >= 0.6 is 0 Å². The predicted octanol–water partition coefficient (Wildman–Crippen LogP) is 9.41. The van der Waals surface area contributed by atoms with Crippen LogP contribution in [0.25, 0.3) is 0 Å². The van der Waals surface area contributed by atoms with E-state index in [1.165, 1.54) is 29.2 Å². The van der Waals surface area contributed by atoms with Crippen molar-refractivity contribution in [3.05, 3.63) is 119 Å². The molecule has 2 aliphatic rings. The Labute approximate surface area is 376 Å². The maximum Gasteiger partial charge on any atom is 0.410 e. The molecule has 4 atom stereocenters. The van der Waals surface area contributed by atoms with Crippen LogP contribution in [0.15, 0.2) is 84.9 Å². The summed E-state index contributed by atoms with van der Waals surface area (Å²) in [6, 6.07) is 21.9. The molecule has 0 radical (unpaired) electrons. The van der Waals surface area contributed by atoms with Crippen molar-refractivity contribution in [3.8, 4) is 11.5 Å². The largest absolute Gasteiger partial charge is 0.485 e. The highest BCUT2D eigenvalue weighted by Crippen LogP contribution is 2.46. The Morgan fingerprint density at radius 2 is 1.02 bits per heavy atom. The summed E-state index contributed by atoms with van der Waals surface area (Å²) >= 11 is 0. The number of nitrogens with zero attached hydrogens (tertiary/aromatic N) is 3. The highest BCUT2D eigenvalue weighted by molar-refractivity contribution is 5.71. The second-order valence-electron chi connectivity index (χ2n) is 19.7. The van der Waals surface area contributed by atoms with Crippen LogP contribution in [0, 0.1) is 11.6 Å². The summed E-state index contributed by atoms with van der Waals surface area (Å²) in [4.78, 5) is 31.7. The first kappa shape index (κ1) is 49.4. The zero-order chi connectivity index (χ0) is 47.5. The number of hydrogen-bond donors (Lipinski definition) is 3. The summed E-state index contributed by atoms with van der Waals surface area (Å²) < 4.78 is 50.2. The maximum absolute atomic E-state index is 13.4. The maximum atomic E-state index is 13.4. The fourth-order valence-electron chi connectivity index (χ4n) is 7.61. The molecule has 4 aromatic rings. The molecule has 12 nitrogen and oxygen atoms in total. The van der Waals surface area contributed by atoms with Gasteiger partial charge in [-0.1, -0.05) is 36.4 Å². The lowest BCUT2D eigenvalue weighted by molar-refractivity contribution is -0.0939. The number of ether oxygens (including phenoxy) is 4. The number of nitrogen functional groups attached to an aromatic ring is 1. The molecule has 0 saturated carbocycles. The second kappa shape index (κ2) is 19.2. The second-order valence-corrected chi connectivity index (χ2v) is 19.7. The molecule has 2 heterocycles. The van der Waals surface area contributed by atoms with Gasteiger partial charge in [-0.15, -0.1) is 0 Å². The summed E-state index contributed by atoms with van der Waals surface area (Å²) in [5.41, 5.74) is 7.25.